The zero-order chi connectivity index (χ0) is 20.1. The Balaban J connectivity index is 1.64. The zero-order valence-electron chi connectivity index (χ0n) is 16.6. The van der Waals surface area contributed by atoms with Gasteiger partial charge in [0.2, 0.25) is 0 Å². The Kier molecular flexibility index (Phi) is 5.76. The van der Waals surface area contributed by atoms with E-state index in [9.17, 15) is 4.79 Å². The molecule has 0 aliphatic rings. The number of carbonyl (C=O) groups excluding carboxylic acids is 1. The fourth-order valence-electron chi connectivity index (χ4n) is 3.55. The normalized spacial score (nSPS) is 10.9. The molecule has 4 rings (SSSR count). The first-order valence-electron chi connectivity index (χ1n) is 10.1. The summed E-state index contributed by atoms with van der Waals surface area (Å²) in [4.78, 5) is 13.0. The Labute approximate surface area is 170 Å². The van der Waals surface area contributed by atoms with Crippen molar-refractivity contribution in [3.8, 4) is 11.5 Å². The molecule has 4 aromatic carbocycles. The number of rotatable bonds is 7. The van der Waals surface area contributed by atoms with E-state index in [0.29, 0.717) is 17.9 Å². The molecule has 4 aromatic rings. The lowest BCUT2D eigenvalue weighted by atomic mass is 10.0. The Morgan fingerprint density at radius 3 is 2.28 bits per heavy atom. The number of benzene rings is 4. The van der Waals surface area contributed by atoms with Crippen LogP contribution in [0.4, 0.5) is 0 Å². The molecule has 0 saturated heterocycles. The molecule has 0 amide bonds. The number of carbonyl (C=O) groups is 1. The van der Waals surface area contributed by atoms with Gasteiger partial charge in [0.15, 0.2) is 0 Å². The van der Waals surface area contributed by atoms with E-state index in [4.69, 9.17) is 9.47 Å². The molecule has 3 heteroatoms. The van der Waals surface area contributed by atoms with E-state index in [1.54, 1.807) is 6.07 Å². The lowest BCUT2D eigenvalue weighted by Crippen LogP contribution is -2.10. The highest BCUT2D eigenvalue weighted by Crippen LogP contribution is 2.31. The number of unbranched alkanes of at least 4 members (excludes halogenated alkanes) is 2. The van der Waals surface area contributed by atoms with E-state index in [2.05, 4.69) is 6.92 Å². The van der Waals surface area contributed by atoms with Gasteiger partial charge in [0.05, 0.1) is 12.2 Å². The van der Waals surface area contributed by atoms with Crippen molar-refractivity contribution in [1.29, 1.82) is 0 Å². The average molecular weight is 384 g/mol. The topological polar surface area (TPSA) is 35.5 Å². The van der Waals surface area contributed by atoms with Gasteiger partial charge < -0.3 is 9.47 Å². The van der Waals surface area contributed by atoms with Crippen molar-refractivity contribution < 1.29 is 14.3 Å². The van der Waals surface area contributed by atoms with Crippen molar-refractivity contribution >= 4 is 27.5 Å². The fraction of sp³-hybridized carbons (Fsp3) is 0.192. The Morgan fingerprint density at radius 2 is 1.45 bits per heavy atom. The van der Waals surface area contributed by atoms with Crippen LogP contribution in [-0.2, 0) is 0 Å². The van der Waals surface area contributed by atoms with Gasteiger partial charge in [-0.3, -0.25) is 0 Å². The summed E-state index contributed by atoms with van der Waals surface area (Å²) in [5.74, 6) is 1.01. The molecule has 0 radical (unpaired) electrons. The van der Waals surface area contributed by atoms with Crippen molar-refractivity contribution in [1.82, 2.24) is 0 Å². The van der Waals surface area contributed by atoms with Gasteiger partial charge in [-0.15, -0.1) is 0 Å². The molecule has 0 aromatic heterocycles. The van der Waals surface area contributed by atoms with Crippen LogP contribution >= 0.6 is 0 Å². The van der Waals surface area contributed by atoms with Crippen molar-refractivity contribution in [3.05, 3.63) is 84.4 Å². The predicted octanol–water partition coefficient (Wildman–Crippen LogP) is 6.78. The molecule has 0 spiro atoms. The Hall–Kier alpha value is -3.33. The Bertz CT molecular complexity index is 1140. The van der Waals surface area contributed by atoms with Crippen LogP contribution in [0.15, 0.2) is 78.9 Å². The van der Waals surface area contributed by atoms with E-state index < -0.39 is 0 Å². The summed E-state index contributed by atoms with van der Waals surface area (Å²) in [5, 5.41) is 3.73. The van der Waals surface area contributed by atoms with E-state index in [0.717, 1.165) is 46.6 Å². The number of hydrogen-bond acceptors (Lipinski definition) is 3. The molecule has 0 saturated carbocycles. The van der Waals surface area contributed by atoms with Crippen LogP contribution in [0, 0.1) is 0 Å². The second-order valence-corrected chi connectivity index (χ2v) is 7.08. The third kappa shape index (κ3) is 4.09. The quantitative estimate of drug-likeness (QED) is 0.200. The summed E-state index contributed by atoms with van der Waals surface area (Å²) < 4.78 is 11.8. The fourth-order valence-corrected chi connectivity index (χ4v) is 3.55. The van der Waals surface area contributed by atoms with Crippen LogP contribution in [0.25, 0.3) is 21.5 Å². The molecule has 0 unspecified atom stereocenters. The summed E-state index contributed by atoms with van der Waals surface area (Å²) in [6.45, 7) is 2.85. The van der Waals surface area contributed by atoms with Crippen LogP contribution in [0.5, 0.6) is 11.5 Å². The summed E-state index contributed by atoms with van der Waals surface area (Å²) in [6.07, 6.45) is 3.33. The molecular formula is C26H24O3. The average Bonchev–Trinajstić information content (AvgIpc) is 2.77. The predicted molar refractivity (Wildman–Crippen MR) is 118 cm³/mol. The minimum atomic E-state index is -0.366. The molecule has 0 N–H and O–H groups in total. The number of hydrogen-bond donors (Lipinski definition) is 0. The monoisotopic (exact) mass is 384 g/mol. The number of esters is 1. The molecule has 0 heterocycles. The van der Waals surface area contributed by atoms with Crippen LogP contribution in [-0.4, -0.2) is 12.6 Å². The van der Waals surface area contributed by atoms with E-state index in [1.165, 1.54) is 0 Å². The standard InChI is InChI=1S/C26H24O3/c1-2-3-8-18-28-24-17-16-23(21-13-6-7-14-22(21)24)26(27)29-25-15-9-11-19-10-4-5-12-20(19)25/h4-7,9-17H,2-3,8,18H2,1H3. The van der Waals surface area contributed by atoms with E-state index in [-0.39, 0.29) is 5.97 Å². The summed E-state index contributed by atoms with van der Waals surface area (Å²) >= 11 is 0. The first kappa shape index (κ1) is 19.0. The van der Waals surface area contributed by atoms with Gasteiger partial charge in [0.25, 0.3) is 0 Å². The van der Waals surface area contributed by atoms with E-state index >= 15 is 0 Å². The highest BCUT2D eigenvalue weighted by Gasteiger charge is 2.16. The molecule has 29 heavy (non-hydrogen) atoms. The van der Waals surface area contributed by atoms with Gasteiger partial charge in [-0.25, -0.2) is 4.79 Å². The van der Waals surface area contributed by atoms with Crippen molar-refractivity contribution in [2.24, 2.45) is 0 Å². The van der Waals surface area contributed by atoms with Gasteiger partial charge >= 0.3 is 5.97 Å². The molecule has 146 valence electrons. The number of fused-ring (bicyclic) bond motifs is 2. The molecule has 3 nitrogen and oxygen atoms in total. The largest absolute Gasteiger partial charge is 0.493 e. The highest BCUT2D eigenvalue weighted by atomic mass is 16.5. The van der Waals surface area contributed by atoms with Crippen LogP contribution in [0.3, 0.4) is 0 Å². The van der Waals surface area contributed by atoms with Gasteiger partial charge in [-0.05, 0) is 35.4 Å². The number of ether oxygens (including phenoxy) is 2. The molecule has 0 aliphatic heterocycles. The molecule has 0 aliphatic carbocycles. The zero-order valence-corrected chi connectivity index (χ0v) is 16.6. The van der Waals surface area contributed by atoms with E-state index in [1.807, 2.05) is 72.8 Å². The van der Waals surface area contributed by atoms with Gasteiger partial charge in [-0.1, -0.05) is 80.4 Å². The maximum atomic E-state index is 13.0. The third-order valence-electron chi connectivity index (χ3n) is 5.06. The van der Waals surface area contributed by atoms with Crippen molar-refractivity contribution in [3.63, 3.8) is 0 Å². The summed E-state index contributed by atoms with van der Waals surface area (Å²) in [5.41, 5.74) is 0.537. The SMILES string of the molecule is CCCCCOc1ccc(C(=O)Oc2cccc3ccccc23)c2ccccc12. The maximum Gasteiger partial charge on any atom is 0.344 e. The molecular weight excluding hydrogens is 360 g/mol. The smallest absolute Gasteiger partial charge is 0.344 e. The minimum Gasteiger partial charge on any atom is -0.493 e. The van der Waals surface area contributed by atoms with Crippen LogP contribution in [0.1, 0.15) is 36.5 Å². The molecule has 0 atom stereocenters. The second kappa shape index (κ2) is 8.78. The lowest BCUT2D eigenvalue weighted by molar-refractivity contribution is 0.0739. The lowest BCUT2D eigenvalue weighted by Gasteiger charge is -2.13. The third-order valence-corrected chi connectivity index (χ3v) is 5.06. The summed E-state index contributed by atoms with van der Waals surface area (Å²) in [7, 11) is 0. The summed E-state index contributed by atoms with van der Waals surface area (Å²) in [6, 6.07) is 25.1. The van der Waals surface area contributed by atoms with Crippen LogP contribution < -0.4 is 9.47 Å². The van der Waals surface area contributed by atoms with Gasteiger partial charge in [0.1, 0.15) is 11.5 Å². The van der Waals surface area contributed by atoms with Crippen molar-refractivity contribution in [2.75, 3.05) is 6.61 Å². The first-order valence-corrected chi connectivity index (χ1v) is 10.1. The second-order valence-electron chi connectivity index (χ2n) is 7.08. The van der Waals surface area contributed by atoms with Crippen molar-refractivity contribution in [2.45, 2.75) is 26.2 Å². The Morgan fingerprint density at radius 1 is 0.724 bits per heavy atom. The maximum absolute atomic E-state index is 13.0. The minimum absolute atomic E-state index is 0.366. The highest BCUT2D eigenvalue weighted by molar-refractivity contribution is 6.07. The molecule has 0 bridgehead atoms. The first-order chi connectivity index (χ1) is 14.3. The van der Waals surface area contributed by atoms with Crippen LogP contribution in [0.2, 0.25) is 0 Å². The van der Waals surface area contributed by atoms with Gasteiger partial charge in [-0.2, -0.15) is 0 Å². The molecule has 0 fully saturated rings. The van der Waals surface area contributed by atoms with Gasteiger partial charge in [0, 0.05) is 10.8 Å².